The van der Waals surface area contributed by atoms with E-state index in [9.17, 15) is 14.0 Å². The third kappa shape index (κ3) is 7.05. The van der Waals surface area contributed by atoms with Crippen LogP contribution in [-0.2, 0) is 16.0 Å². The first kappa shape index (κ1) is 22.7. The first-order valence-electron chi connectivity index (χ1n) is 10.1. The van der Waals surface area contributed by atoms with E-state index in [4.69, 9.17) is 4.74 Å². The van der Waals surface area contributed by atoms with Gasteiger partial charge >= 0.3 is 0 Å². The number of ether oxygens (including phenoxy) is 1. The molecule has 2 aromatic carbocycles. The van der Waals surface area contributed by atoms with Crippen LogP contribution in [0.4, 0.5) is 10.1 Å². The molecule has 0 bridgehead atoms. The summed E-state index contributed by atoms with van der Waals surface area (Å²) in [5.41, 5.74) is 1.96. The van der Waals surface area contributed by atoms with Gasteiger partial charge < -0.3 is 15.4 Å². The highest BCUT2D eigenvalue weighted by molar-refractivity contribution is 6.01. The molecular weight excluding hydrogens is 409 g/mol. The molecule has 7 heteroatoms. The molecular formula is C25H24FN3O3. The van der Waals surface area contributed by atoms with Gasteiger partial charge in [0.2, 0.25) is 11.8 Å². The standard InChI is InChI=1S/C25H24FN3O3/c1-17(2)28-25(31)15-19-5-9-20(10-6-19)29-24(30)12-8-18-7-11-23(22(26)14-18)32-21-4-3-13-27-16-21/h3-14,16-17H,15H2,1-2H3,(H,28,31)(H,29,30)/b12-8+. The lowest BCUT2D eigenvalue weighted by Gasteiger charge is -2.09. The first-order chi connectivity index (χ1) is 15.4. The van der Waals surface area contributed by atoms with Gasteiger partial charge in [-0.1, -0.05) is 18.2 Å². The zero-order valence-electron chi connectivity index (χ0n) is 17.8. The molecule has 0 spiro atoms. The van der Waals surface area contributed by atoms with Crippen LogP contribution in [0, 0.1) is 5.82 Å². The summed E-state index contributed by atoms with van der Waals surface area (Å²) in [6.07, 6.45) is 6.20. The Balaban J connectivity index is 1.55. The zero-order chi connectivity index (χ0) is 22.9. The van der Waals surface area contributed by atoms with E-state index in [0.717, 1.165) is 5.56 Å². The second-order valence-corrected chi connectivity index (χ2v) is 7.40. The Labute approximate surface area is 186 Å². The van der Waals surface area contributed by atoms with Gasteiger partial charge in [-0.2, -0.15) is 0 Å². The molecule has 0 aliphatic rings. The number of nitrogens with zero attached hydrogens (tertiary/aromatic N) is 1. The van der Waals surface area contributed by atoms with Crippen molar-refractivity contribution in [2.45, 2.75) is 26.3 Å². The van der Waals surface area contributed by atoms with Crippen molar-refractivity contribution in [2.24, 2.45) is 0 Å². The highest BCUT2D eigenvalue weighted by Gasteiger charge is 2.07. The minimum absolute atomic E-state index is 0.0520. The van der Waals surface area contributed by atoms with Gasteiger partial charge in [0.05, 0.1) is 12.6 Å². The third-order valence-electron chi connectivity index (χ3n) is 4.28. The summed E-state index contributed by atoms with van der Waals surface area (Å²) in [6, 6.07) is 14.9. The van der Waals surface area contributed by atoms with Gasteiger partial charge in [-0.15, -0.1) is 0 Å². The van der Waals surface area contributed by atoms with Crippen molar-refractivity contribution < 1.29 is 18.7 Å². The summed E-state index contributed by atoms with van der Waals surface area (Å²) < 4.78 is 19.8. The first-order valence-corrected chi connectivity index (χ1v) is 10.1. The van der Waals surface area contributed by atoms with Crippen molar-refractivity contribution in [3.8, 4) is 11.5 Å². The number of carbonyl (C=O) groups excluding carboxylic acids is 2. The van der Waals surface area contributed by atoms with Crippen molar-refractivity contribution in [3.05, 3.63) is 90.0 Å². The number of pyridine rings is 1. The number of halogens is 1. The Kier molecular flexibility index (Phi) is 7.70. The van der Waals surface area contributed by atoms with Crippen LogP contribution in [0.25, 0.3) is 6.08 Å². The minimum Gasteiger partial charge on any atom is -0.453 e. The summed E-state index contributed by atoms with van der Waals surface area (Å²) in [7, 11) is 0. The lowest BCUT2D eigenvalue weighted by Crippen LogP contribution is -2.31. The molecule has 0 atom stereocenters. The Morgan fingerprint density at radius 1 is 1.12 bits per heavy atom. The summed E-state index contributed by atoms with van der Waals surface area (Å²) in [4.78, 5) is 27.9. The summed E-state index contributed by atoms with van der Waals surface area (Å²) in [5, 5.41) is 5.57. The van der Waals surface area contributed by atoms with Gasteiger partial charge in [0.1, 0.15) is 5.75 Å². The van der Waals surface area contributed by atoms with Crippen LogP contribution in [-0.4, -0.2) is 22.8 Å². The van der Waals surface area contributed by atoms with E-state index in [-0.39, 0.29) is 30.0 Å². The highest BCUT2D eigenvalue weighted by atomic mass is 19.1. The topological polar surface area (TPSA) is 80.3 Å². The van der Waals surface area contributed by atoms with E-state index < -0.39 is 5.82 Å². The van der Waals surface area contributed by atoms with Crippen LogP contribution in [0.1, 0.15) is 25.0 Å². The van der Waals surface area contributed by atoms with Crippen LogP contribution >= 0.6 is 0 Å². The van der Waals surface area contributed by atoms with Crippen molar-refractivity contribution in [2.75, 3.05) is 5.32 Å². The van der Waals surface area contributed by atoms with E-state index in [1.165, 1.54) is 30.5 Å². The molecule has 0 unspecified atom stereocenters. The predicted octanol–water partition coefficient (Wildman–Crippen LogP) is 4.73. The summed E-state index contributed by atoms with van der Waals surface area (Å²) in [6.45, 7) is 3.81. The van der Waals surface area contributed by atoms with E-state index >= 15 is 0 Å². The molecule has 2 N–H and O–H groups in total. The fourth-order valence-electron chi connectivity index (χ4n) is 2.86. The second-order valence-electron chi connectivity index (χ2n) is 7.40. The molecule has 0 radical (unpaired) electrons. The maximum absolute atomic E-state index is 14.3. The quantitative estimate of drug-likeness (QED) is 0.503. The molecule has 0 fully saturated rings. The van der Waals surface area contributed by atoms with Crippen molar-refractivity contribution >= 4 is 23.6 Å². The minimum atomic E-state index is -0.548. The van der Waals surface area contributed by atoms with Crippen LogP contribution in [0.3, 0.4) is 0 Å². The maximum atomic E-state index is 14.3. The second kappa shape index (κ2) is 10.9. The molecule has 1 aromatic heterocycles. The normalized spacial score (nSPS) is 10.9. The van der Waals surface area contributed by atoms with Gasteiger partial charge in [0, 0.05) is 24.0 Å². The number of benzene rings is 2. The van der Waals surface area contributed by atoms with Gasteiger partial charge in [0.25, 0.3) is 0 Å². The number of amides is 2. The molecule has 2 amide bonds. The van der Waals surface area contributed by atoms with E-state index in [1.54, 1.807) is 48.7 Å². The number of anilines is 1. The number of nitrogens with one attached hydrogen (secondary N) is 2. The molecule has 0 aliphatic heterocycles. The van der Waals surface area contributed by atoms with Gasteiger partial charge in [-0.05, 0) is 67.4 Å². The van der Waals surface area contributed by atoms with Gasteiger partial charge in [-0.3, -0.25) is 14.6 Å². The molecule has 0 aliphatic carbocycles. The smallest absolute Gasteiger partial charge is 0.248 e. The fraction of sp³-hybridized carbons (Fsp3) is 0.160. The molecule has 0 saturated carbocycles. The van der Waals surface area contributed by atoms with Gasteiger partial charge in [-0.25, -0.2) is 4.39 Å². The van der Waals surface area contributed by atoms with E-state index in [2.05, 4.69) is 15.6 Å². The third-order valence-corrected chi connectivity index (χ3v) is 4.28. The van der Waals surface area contributed by atoms with Crippen molar-refractivity contribution in [1.82, 2.24) is 10.3 Å². The number of hydrogen-bond donors (Lipinski definition) is 2. The van der Waals surface area contributed by atoms with Crippen molar-refractivity contribution in [3.63, 3.8) is 0 Å². The predicted molar refractivity (Wildman–Crippen MR) is 122 cm³/mol. The lowest BCUT2D eigenvalue weighted by atomic mass is 10.1. The Bertz CT molecular complexity index is 1100. The number of carbonyl (C=O) groups is 2. The molecule has 0 saturated heterocycles. The fourth-order valence-corrected chi connectivity index (χ4v) is 2.86. The molecule has 164 valence electrons. The summed E-state index contributed by atoms with van der Waals surface area (Å²) >= 11 is 0. The molecule has 1 heterocycles. The lowest BCUT2D eigenvalue weighted by molar-refractivity contribution is -0.121. The zero-order valence-corrected chi connectivity index (χ0v) is 17.8. The van der Waals surface area contributed by atoms with Crippen LogP contribution in [0.2, 0.25) is 0 Å². The average Bonchev–Trinajstić information content (AvgIpc) is 2.75. The van der Waals surface area contributed by atoms with E-state index in [0.29, 0.717) is 17.0 Å². The maximum Gasteiger partial charge on any atom is 0.248 e. The Morgan fingerprint density at radius 2 is 1.91 bits per heavy atom. The highest BCUT2D eigenvalue weighted by Crippen LogP contribution is 2.24. The van der Waals surface area contributed by atoms with Gasteiger partial charge in [0.15, 0.2) is 11.6 Å². The number of aromatic nitrogens is 1. The van der Waals surface area contributed by atoms with E-state index in [1.807, 2.05) is 13.8 Å². The summed E-state index contributed by atoms with van der Waals surface area (Å²) in [5.74, 6) is -0.453. The number of hydrogen-bond acceptors (Lipinski definition) is 4. The Morgan fingerprint density at radius 3 is 2.56 bits per heavy atom. The average molecular weight is 433 g/mol. The molecule has 6 nitrogen and oxygen atoms in total. The van der Waals surface area contributed by atoms with Crippen molar-refractivity contribution in [1.29, 1.82) is 0 Å². The van der Waals surface area contributed by atoms with Crippen LogP contribution < -0.4 is 15.4 Å². The Hall–Kier alpha value is -4.00. The van der Waals surface area contributed by atoms with Crippen LogP contribution in [0.15, 0.2) is 73.1 Å². The number of rotatable bonds is 8. The SMILES string of the molecule is CC(C)NC(=O)Cc1ccc(NC(=O)/C=C/c2ccc(Oc3cccnc3)c(F)c2)cc1. The largest absolute Gasteiger partial charge is 0.453 e. The molecule has 32 heavy (non-hydrogen) atoms. The monoisotopic (exact) mass is 433 g/mol. The molecule has 3 aromatic rings. The van der Waals surface area contributed by atoms with Crippen LogP contribution in [0.5, 0.6) is 11.5 Å². The molecule has 3 rings (SSSR count).